The van der Waals surface area contributed by atoms with Crippen molar-refractivity contribution in [2.45, 2.75) is 30.6 Å². The summed E-state index contributed by atoms with van der Waals surface area (Å²) in [5, 5.41) is 0.140. The van der Waals surface area contributed by atoms with E-state index in [4.69, 9.17) is 9.15 Å². The number of fused-ring (bicyclic) bond motifs is 1. The fraction of sp³-hybridized carbons (Fsp3) is 0.250. The summed E-state index contributed by atoms with van der Waals surface area (Å²) in [6.45, 7) is 1.99. The first-order chi connectivity index (χ1) is 13.4. The lowest BCUT2D eigenvalue weighted by Crippen LogP contribution is -2.30. The maximum absolute atomic E-state index is 14.3. The predicted octanol–water partition coefficient (Wildman–Crippen LogP) is 3.97. The highest BCUT2D eigenvalue weighted by atomic mass is 32.2. The normalized spacial score (nSPS) is 14.2. The predicted molar refractivity (Wildman–Crippen MR) is 100 cm³/mol. The van der Waals surface area contributed by atoms with Gasteiger partial charge in [-0.1, -0.05) is 12.1 Å². The number of para-hydroxylation sites is 1. The number of furan rings is 1. The Bertz CT molecular complexity index is 1160. The van der Waals surface area contributed by atoms with Gasteiger partial charge in [0.1, 0.15) is 22.0 Å². The van der Waals surface area contributed by atoms with E-state index in [1.165, 1.54) is 30.3 Å². The van der Waals surface area contributed by atoms with E-state index in [1.54, 1.807) is 19.1 Å². The maximum atomic E-state index is 14.3. The van der Waals surface area contributed by atoms with Crippen LogP contribution in [0, 0.1) is 5.82 Å². The van der Waals surface area contributed by atoms with Gasteiger partial charge in [0.15, 0.2) is 5.76 Å². The van der Waals surface area contributed by atoms with Crippen LogP contribution in [0.4, 0.5) is 4.39 Å². The second-order valence-electron chi connectivity index (χ2n) is 6.61. The van der Waals surface area contributed by atoms with Crippen LogP contribution in [0.15, 0.2) is 51.8 Å². The van der Waals surface area contributed by atoms with Gasteiger partial charge in [-0.25, -0.2) is 17.5 Å². The van der Waals surface area contributed by atoms with Crippen LogP contribution < -0.4 is 9.46 Å². The molecule has 28 heavy (non-hydrogen) atoms. The smallest absolute Gasteiger partial charge is 0.300 e. The Kier molecular flexibility index (Phi) is 4.58. The van der Waals surface area contributed by atoms with Crippen molar-refractivity contribution in [1.29, 1.82) is 0 Å². The number of carbonyl (C=O) groups is 1. The highest BCUT2D eigenvalue weighted by Gasteiger charge is 2.27. The third-order valence-electron chi connectivity index (χ3n) is 4.55. The van der Waals surface area contributed by atoms with Gasteiger partial charge in [-0.15, -0.1) is 0 Å². The Morgan fingerprint density at radius 2 is 2.00 bits per heavy atom. The molecule has 146 valence electrons. The van der Waals surface area contributed by atoms with Crippen molar-refractivity contribution in [2.75, 3.05) is 6.61 Å². The van der Waals surface area contributed by atoms with E-state index in [-0.39, 0.29) is 34.0 Å². The largest absolute Gasteiger partial charge is 0.492 e. The summed E-state index contributed by atoms with van der Waals surface area (Å²) in [5.41, 5.74) is 1.05. The van der Waals surface area contributed by atoms with Gasteiger partial charge in [0.2, 0.25) is 0 Å². The molecule has 0 spiro atoms. The molecule has 1 aliphatic carbocycles. The standard InChI is InChI=1S/C20H18FNO5S/c1-2-26-16-5-3-4-6-19(16)28(24,25)22-20(23)18-11-14-15(21)9-13(12-7-8-12)10-17(14)27-18/h3-6,9-12H,2,7-8H2,1H3,(H,22,23). The molecule has 0 aliphatic heterocycles. The minimum Gasteiger partial charge on any atom is -0.492 e. The number of hydrogen-bond acceptors (Lipinski definition) is 5. The van der Waals surface area contributed by atoms with E-state index in [1.807, 2.05) is 4.72 Å². The van der Waals surface area contributed by atoms with Gasteiger partial charge in [-0.3, -0.25) is 4.79 Å². The zero-order chi connectivity index (χ0) is 19.9. The van der Waals surface area contributed by atoms with E-state index >= 15 is 0 Å². The molecular formula is C20H18FNO5S. The third kappa shape index (κ3) is 3.47. The van der Waals surface area contributed by atoms with Gasteiger partial charge < -0.3 is 9.15 Å². The van der Waals surface area contributed by atoms with Crippen molar-refractivity contribution in [2.24, 2.45) is 0 Å². The quantitative estimate of drug-likeness (QED) is 0.673. The lowest BCUT2D eigenvalue weighted by Gasteiger charge is -2.10. The van der Waals surface area contributed by atoms with Gasteiger partial charge in [-0.05, 0) is 55.5 Å². The van der Waals surface area contributed by atoms with Crippen LogP contribution >= 0.6 is 0 Å². The summed E-state index contributed by atoms with van der Waals surface area (Å²) < 4.78 is 52.3. The summed E-state index contributed by atoms with van der Waals surface area (Å²) in [6, 6.07) is 10.3. The van der Waals surface area contributed by atoms with Crippen molar-refractivity contribution in [1.82, 2.24) is 4.72 Å². The summed E-state index contributed by atoms with van der Waals surface area (Å²) >= 11 is 0. The van der Waals surface area contributed by atoms with Crippen molar-refractivity contribution >= 4 is 26.9 Å². The number of ether oxygens (including phenoxy) is 1. The topological polar surface area (TPSA) is 85.6 Å². The second kappa shape index (κ2) is 6.94. The first-order valence-corrected chi connectivity index (χ1v) is 10.4. The molecule has 1 amide bonds. The molecule has 0 bridgehead atoms. The number of sulfonamides is 1. The van der Waals surface area contributed by atoms with Crippen LogP contribution in [-0.2, 0) is 10.0 Å². The van der Waals surface area contributed by atoms with Crippen molar-refractivity contribution in [3.8, 4) is 5.75 Å². The van der Waals surface area contributed by atoms with Crippen molar-refractivity contribution in [3.05, 3.63) is 59.6 Å². The molecular weight excluding hydrogens is 385 g/mol. The van der Waals surface area contributed by atoms with Crippen molar-refractivity contribution < 1.29 is 26.8 Å². The summed E-state index contributed by atoms with van der Waals surface area (Å²) in [4.78, 5) is 12.3. The molecule has 0 saturated heterocycles. The first-order valence-electron chi connectivity index (χ1n) is 8.91. The van der Waals surface area contributed by atoms with E-state index in [0.717, 1.165) is 18.4 Å². The van der Waals surface area contributed by atoms with Gasteiger partial charge in [-0.2, -0.15) is 0 Å². The summed E-state index contributed by atoms with van der Waals surface area (Å²) in [6.07, 6.45) is 1.99. The molecule has 6 nitrogen and oxygen atoms in total. The Morgan fingerprint density at radius 3 is 2.71 bits per heavy atom. The molecule has 8 heteroatoms. The minimum absolute atomic E-state index is 0.134. The Labute approximate surface area is 161 Å². The molecule has 1 N–H and O–H groups in total. The van der Waals surface area contributed by atoms with Gasteiger partial charge in [0, 0.05) is 6.07 Å². The van der Waals surface area contributed by atoms with E-state index in [0.29, 0.717) is 5.92 Å². The molecule has 3 aromatic rings. The van der Waals surface area contributed by atoms with E-state index in [2.05, 4.69) is 0 Å². The fourth-order valence-electron chi connectivity index (χ4n) is 3.05. The molecule has 1 saturated carbocycles. The highest BCUT2D eigenvalue weighted by molar-refractivity contribution is 7.90. The van der Waals surface area contributed by atoms with Crippen LogP contribution in [0.2, 0.25) is 0 Å². The first kappa shape index (κ1) is 18.5. The van der Waals surface area contributed by atoms with Gasteiger partial charge in [0.05, 0.1) is 12.0 Å². The van der Waals surface area contributed by atoms with E-state index < -0.39 is 21.7 Å². The highest BCUT2D eigenvalue weighted by Crippen LogP contribution is 2.41. The zero-order valence-corrected chi connectivity index (χ0v) is 15.9. The molecule has 0 radical (unpaired) electrons. The van der Waals surface area contributed by atoms with Crippen molar-refractivity contribution in [3.63, 3.8) is 0 Å². The Hall–Kier alpha value is -2.87. The average molecular weight is 403 g/mol. The Morgan fingerprint density at radius 1 is 1.25 bits per heavy atom. The van der Waals surface area contributed by atoms with Crippen LogP contribution in [0.5, 0.6) is 5.75 Å². The fourth-order valence-corrected chi connectivity index (χ4v) is 4.16. The molecule has 1 fully saturated rings. The summed E-state index contributed by atoms with van der Waals surface area (Å²) in [5.74, 6) is -1.30. The Balaban J connectivity index is 1.64. The second-order valence-corrected chi connectivity index (χ2v) is 8.26. The van der Waals surface area contributed by atoms with Crippen LogP contribution in [0.1, 0.15) is 41.8 Å². The third-order valence-corrected chi connectivity index (χ3v) is 5.92. The molecule has 1 aromatic heterocycles. The number of nitrogens with one attached hydrogen (secondary N) is 1. The molecule has 2 aromatic carbocycles. The van der Waals surface area contributed by atoms with E-state index in [9.17, 15) is 17.6 Å². The molecule has 1 aliphatic rings. The zero-order valence-electron chi connectivity index (χ0n) is 15.1. The number of halogens is 1. The lowest BCUT2D eigenvalue weighted by atomic mass is 10.1. The molecule has 1 heterocycles. The number of rotatable bonds is 6. The number of carbonyl (C=O) groups excluding carboxylic acids is 1. The maximum Gasteiger partial charge on any atom is 0.300 e. The number of benzene rings is 2. The monoisotopic (exact) mass is 403 g/mol. The van der Waals surface area contributed by atoms with Crippen LogP contribution in [0.3, 0.4) is 0 Å². The molecule has 4 rings (SSSR count). The number of amides is 1. The van der Waals surface area contributed by atoms with Gasteiger partial charge >= 0.3 is 5.91 Å². The molecule has 0 atom stereocenters. The average Bonchev–Trinajstić information content (AvgIpc) is 3.41. The minimum atomic E-state index is -4.20. The SMILES string of the molecule is CCOc1ccccc1S(=O)(=O)NC(=O)c1cc2c(F)cc(C3CC3)cc2o1. The van der Waals surface area contributed by atoms with Gasteiger partial charge in [0.25, 0.3) is 10.0 Å². The molecule has 0 unspecified atom stereocenters. The lowest BCUT2D eigenvalue weighted by molar-refractivity contribution is 0.0956. The summed E-state index contributed by atoms with van der Waals surface area (Å²) in [7, 11) is -4.20. The number of hydrogen-bond donors (Lipinski definition) is 1. The van der Waals surface area contributed by atoms with Crippen LogP contribution in [0.25, 0.3) is 11.0 Å². The van der Waals surface area contributed by atoms with Crippen LogP contribution in [-0.4, -0.2) is 20.9 Å².